The van der Waals surface area contributed by atoms with Crippen LogP contribution in [0.3, 0.4) is 0 Å². The van der Waals surface area contributed by atoms with Gasteiger partial charge in [0.25, 0.3) is 5.89 Å². The minimum Gasteiger partial charge on any atom is -0.412 e. The van der Waals surface area contributed by atoms with Crippen LogP contribution in [0.4, 0.5) is 0 Å². The van der Waals surface area contributed by atoms with E-state index >= 15 is 0 Å². The Kier molecular flexibility index (Phi) is 1.43. The Bertz CT molecular complexity index is 358. The average Bonchev–Trinajstić information content (AvgIpc) is 2.61. The number of hydrogen-bond acceptors (Lipinski definition) is 5. The highest BCUT2D eigenvalue weighted by atomic mass is 16.5. The van der Waals surface area contributed by atoms with E-state index in [1.54, 1.807) is 6.92 Å². The van der Waals surface area contributed by atoms with Gasteiger partial charge in [-0.3, -0.25) is 0 Å². The molecule has 61 valence electrons. The molecule has 0 spiro atoms. The van der Waals surface area contributed by atoms with E-state index in [0.29, 0.717) is 11.7 Å². The fourth-order valence-corrected chi connectivity index (χ4v) is 1.04. The van der Waals surface area contributed by atoms with E-state index < -0.39 is 0 Å². The van der Waals surface area contributed by atoms with Crippen LogP contribution in [0, 0.1) is 20.2 Å². The van der Waals surface area contributed by atoms with Crippen molar-refractivity contribution in [2.45, 2.75) is 13.8 Å². The first-order valence-electron chi connectivity index (χ1n) is 3.42. The van der Waals surface area contributed by atoms with Gasteiger partial charge in [-0.15, -0.1) is 10.2 Å². The Morgan fingerprint density at radius 3 is 2.67 bits per heavy atom. The van der Waals surface area contributed by atoms with E-state index in [-0.39, 0.29) is 0 Å². The van der Waals surface area contributed by atoms with E-state index in [4.69, 9.17) is 8.94 Å². The van der Waals surface area contributed by atoms with Gasteiger partial charge in [-0.05, 0) is 13.8 Å². The van der Waals surface area contributed by atoms with E-state index in [2.05, 4.69) is 21.7 Å². The van der Waals surface area contributed by atoms with Crippen LogP contribution in [0.25, 0.3) is 11.5 Å². The lowest BCUT2D eigenvalue weighted by Crippen LogP contribution is -1.81. The number of nitrogens with zero attached hydrogens (tertiary/aromatic N) is 3. The number of aryl methyl sites for hydroxylation is 2. The molecule has 0 aliphatic heterocycles. The molecular formula is C7H6N3O2. The van der Waals surface area contributed by atoms with Crippen LogP contribution in [0.5, 0.6) is 0 Å². The second-order valence-corrected chi connectivity index (χ2v) is 2.40. The zero-order valence-electron chi connectivity index (χ0n) is 6.66. The second-order valence-electron chi connectivity index (χ2n) is 2.40. The van der Waals surface area contributed by atoms with Crippen molar-refractivity contribution in [3.8, 4) is 11.5 Å². The molecule has 2 rings (SSSR count). The van der Waals surface area contributed by atoms with Gasteiger partial charge in [0.15, 0.2) is 0 Å². The van der Waals surface area contributed by atoms with Crippen LogP contribution < -0.4 is 0 Å². The summed E-state index contributed by atoms with van der Waals surface area (Å²) in [4.78, 5) is 0. The molecule has 12 heavy (non-hydrogen) atoms. The Labute approximate surface area is 68.4 Å². The summed E-state index contributed by atoms with van der Waals surface area (Å²) in [5.41, 5.74) is 1.49. The predicted octanol–water partition coefficient (Wildman–Crippen LogP) is 1.14. The zero-order chi connectivity index (χ0) is 8.55. The monoisotopic (exact) mass is 164 g/mol. The third kappa shape index (κ3) is 0.903. The average molecular weight is 164 g/mol. The predicted molar refractivity (Wildman–Crippen MR) is 38.1 cm³/mol. The normalized spacial score (nSPS) is 10.5. The van der Waals surface area contributed by atoms with Crippen molar-refractivity contribution in [2.75, 3.05) is 0 Å². The molecule has 0 amide bonds. The largest absolute Gasteiger partial charge is 0.412 e. The van der Waals surface area contributed by atoms with Gasteiger partial charge < -0.3 is 8.94 Å². The van der Waals surface area contributed by atoms with Crippen LogP contribution >= 0.6 is 0 Å². The molecule has 0 atom stereocenters. The number of aromatic nitrogens is 3. The lowest BCUT2D eigenvalue weighted by Gasteiger charge is -1.88. The third-order valence-corrected chi connectivity index (χ3v) is 1.57. The maximum atomic E-state index is 4.93. The van der Waals surface area contributed by atoms with E-state index in [9.17, 15) is 0 Å². The summed E-state index contributed by atoms with van der Waals surface area (Å²) >= 11 is 0. The fourth-order valence-electron chi connectivity index (χ4n) is 1.04. The number of hydrogen-bond donors (Lipinski definition) is 0. The lowest BCUT2D eigenvalue weighted by molar-refractivity contribution is 0.393. The molecule has 0 aliphatic carbocycles. The van der Waals surface area contributed by atoms with E-state index in [0.717, 1.165) is 11.3 Å². The van der Waals surface area contributed by atoms with Crippen molar-refractivity contribution in [3.63, 3.8) is 0 Å². The molecule has 0 saturated carbocycles. The summed E-state index contributed by atoms with van der Waals surface area (Å²) in [5.74, 6) is 1.07. The maximum Gasteiger partial charge on any atom is 0.306 e. The van der Waals surface area contributed by atoms with Crippen LogP contribution in [0.2, 0.25) is 0 Å². The van der Waals surface area contributed by atoms with Gasteiger partial charge in [0.05, 0.1) is 5.69 Å². The smallest absolute Gasteiger partial charge is 0.306 e. The maximum absolute atomic E-state index is 4.93. The first-order chi connectivity index (χ1) is 5.79. The Hall–Kier alpha value is -1.65. The van der Waals surface area contributed by atoms with Gasteiger partial charge in [-0.2, -0.15) is 0 Å². The molecular weight excluding hydrogens is 158 g/mol. The molecule has 2 heterocycles. The summed E-state index contributed by atoms with van der Waals surface area (Å²) in [6.07, 6.45) is 2.27. The summed E-state index contributed by atoms with van der Waals surface area (Å²) in [6.45, 7) is 3.61. The van der Waals surface area contributed by atoms with Crippen molar-refractivity contribution in [2.24, 2.45) is 0 Å². The molecule has 0 aliphatic rings. The molecule has 2 aromatic heterocycles. The molecule has 5 nitrogen and oxygen atoms in total. The molecule has 0 unspecified atom stereocenters. The van der Waals surface area contributed by atoms with Crippen LogP contribution in [0.1, 0.15) is 11.5 Å². The van der Waals surface area contributed by atoms with Gasteiger partial charge in [-0.1, -0.05) is 5.16 Å². The van der Waals surface area contributed by atoms with Crippen LogP contribution in [0.15, 0.2) is 8.94 Å². The third-order valence-electron chi connectivity index (χ3n) is 1.57. The van der Waals surface area contributed by atoms with Gasteiger partial charge in [0.1, 0.15) is 11.3 Å². The molecule has 0 N–H and O–H groups in total. The first kappa shape index (κ1) is 7.02. The minimum absolute atomic E-state index is 0.395. The topological polar surface area (TPSA) is 65.0 Å². The molecule has 2 aromatic rings. The fraction of sp³-hybridized carbons (Fsp3) is 0.286. The SMILES string of the molecule is Cc1noc(C)c1-c1nn[c]o1. The van der Waals surface area contributed by atoms with Gasteiger partial charge in [-0.25, -0.2) is 0 Å². The highest BCUT2D eigenvalue weighted by Gasteiger charge is 2.15. The van der Waals surface area contributed by atoms with Crippen LogP contribution in [-0.2, 0) is 0 Å². The lowest BCUT2D eigenvalue weighted by atomic mass is 10.2. The molecule has 0 fully saturated rings. The summed E-state index contributed by atoms with van der Waals surface area (Å²) in [5, 5.41) is 10.9. The Morgan fingerprint density at radius 2 is 2.17 bits per heavy atom. The molecule has 1 radical (unpaired) electrons. The Morgan fingerprint density at radius 1 is 1.33 bits per heavy atom. The van der Waals surface area contributed by atoms with Crippen molar-refractivity contribution >= 4 is 0 Å². The summed E-state index contributed by atoms with van der Waals surface area (Å²) in [7, 11) is 0. The standard InChI is InChI=1S/C7H6N3O2/c1-4-6(5(2)12-10-4)7-9-8-3-11-7/h1-2H3. The van der Waals surface area contributed by atoms with Crippen LogP contribution in [-0.4, -0.2) is 15.4 Å². The minimum atomic E-state index is 0.395. The second kappa shape index (κ2) is 2.44. The van der Waals surface area contributed by atoms with Crippen molar-refractivity contribution in [1.82, 2.24) is 15.4 Å². The van der Waals surface area contributed by atoms with Crippen molar-refractivity contribution in [1.29, 1.82) is 0 Å². The van der Waals surface area contributed by atoms with Crippen molar-refractivity contribution < 1.29 is 8.94 Å². The highest BCUT2D eigenvalue weighted by molar-refractivity contribution is 5.57. The number of rotatable bonds is 1. The summed E-state index contributed by atoms with van der Waals surface area (Å²) < 4.78 is 9.82. The van der Waals surface area contributed by atoms with E-state index in [1.807, 2.05) is 6.92 Å². The summed E-state index contributed by atoms with van der Waals surface area (Å²) in [6, 6.07) is 0. The van der Waals surface area contributed by atoms with E-state index in [1.165, 1.54) is 0 Å². The highest BCUT2D eigenvalue weighted by Crippen LogP contribution is 2.23. The first-order valence-corrected chi connectivity index (χ1v) is 3.42. The van der Waals surface area contributed by atoms with Gasteiger partial charge in [0.2, 0.25) is 0 Å². The van der Waals surface area contributed by atoms with Crippen molar-refractivity contribution in [3.05, 3.63) is 17.8 Å². The van der Waals surface area contributed by atoms with Gasteiger partial charge in [0, 0.05) is 0 Å². The Balaban J connectivity index is 2.60. The molecule has 0 aromatic carbocycles. The molecule has 0 saturated heterocycles. The molecule has 0 bridgehead atoms. The van der Waals surface area contributed by atoms with Gasteiger partial charge >= 0.3 is 6.39 Å². The molecule has 5 heteroatoms. The quantitative estimate of drug-likeness (QED) is 0.632. The zero-order valence-corrected chi connectivity index (χ0v) is 6.66.